The molecule has 0 saturated heterocycles. The first-order valence-electron chi connectivity index (χ1n) is 2.70. The molecule has 0 spiro atoms. The van der Waals surface area contributed by atoms with Gasteiger partial charge in [0.1, 0.15) is 11.4 Å². The second-order valence-electron chi connectivity index (χ2n) is 1.68. The van der Waals surface area contributed by atoms with Crippen molar-refractivity contribution in [3.05, 3.63) is 10.4 Å². The van der Waals surface area contributed by atoms with Gasteiger partial charge in [0.25, 0.3) is 4.91 Å². The van der Waals surface area contributed by atoms with Crippen molar-refractivity contribution in [3.63, 3.8) is 0 Å². The fraction of sp³-hybridized carbons (Fsp3) is 0.750. The number of hydrogen-bond acceptors (Lipinski definition) is 1. The van der Waals surface area contributed by atoms with Crippen LogP contribution in [-0.2, 0) is 4.79 Å². The summed E-state index contributed by atoms with van der Waals surface area (Å²) in [6.07, 6.45) is 0.197. The number of hydrogen-bond donors (Lipinski definition) is 2. The Balaban J connectivity index is 3.38. The van der Waals surface area contributed by atoms with Crippen LogP contribution in [0, 0.1) is 0 Å². The molecule has 10 heavy (non-hydrogen) atoms. The molecule has 0 aliphatic heterocycles. The van der Waals surface area contributed by atoms with Crippen LogP contribution in [0.4, 0.5) is 0 Å². The van der Waals surface area contributed by atoms with E-state index in [1.807, 2.05) is 0 Å². The van der Waals surface area contributed by atoms with Crippen molar-refractivity contribution in [2.24, 2.45) is 0 Å². The molecule has 0 fully saturated rings. The van der Waals surface area contributed by atoms with Crippen LogP contribution < -0.4 is 0 Å². The summed E-state index contributed by atoms with van der Waals surface area (Å²) >= 11 is 0. The second kappa shape index (κ2) is 4.46. The Kier molecular flexibility index (Phi) is 3.83. The zero-order valence-corrected chi connectivity index (χ0v) is 5.27. The third kappa shape index (κ3) is 4.73. The molecule has 0 amide bonds. The van der Waals surface area contributed by atoms with Crippen LogP contribution in [0.15, 0.2) is 0 Å². The zero-order valence-electron chi connectivity index (χ0n) is 5.27. The third-order valence-electron chi connectivity index (χ3n) is 0.852. The molecular weight excluding hydrogens is 138 g/mol. The van der Waals surface area contributed by atoms with Crippen LogP contribution in [0.1, 0.15) is 12.8 Å². The van der Waals surface area contributed by atoms with E-state index in [0.717, 1.165) is 0 Å². The summed E-state index contributed by atoms with van der Waals surface area (Å²) in [5.41, 5.74) is 7.85. The van der Waals surface area contributed by atoms with Gasteiger partial charge in [-0.25, -0.2) is 0 Å². The number of nitrogens with zero attached hydrogens (tertiary/aromatic N) is 3. The van der Waals surface area contributed by atoms with Gasteiger partial charge in [-0.2, -0.15) is 0 Å². The number of rotatable bonds is 4. The molecule has 0 aliphatic carbocycles. The van der Waals surface area contributed by atoms with Gasteiger partial charge in [0.2, 0.25) is 0 Å². The number of carboxylic acid groups (broad SMARTS) is 1. The van der Waals surface area contributed by atoms with Gasteiger partial charge >= 0.3 is 11.5 Å². The highest BCUT2D eigenvalue weighted by Crippen LogP contribution is 1.87. The molecule has 0 atom stereocenters. The van der Waals surface area contributed by atoms with Crippen LogP contribution in [0.5, 0.6) is 0 Å². The molecule has 0 saturated carbocycles. The minimum Gasteiger partial charge on any atom is -0.481 e. The first-order chi connectivity index (χ1) is 4.66. The lowest BCUT2D eigenvalue weighted by atomic mass is 10.3. The van der Waals surface area contributed by atoms with E-state index < -0.39 is 5.97 Å². The molecule has 6 heteroatoms. The van der Waals surface area contributed by atoms with Crippen LogP contribution in [0.25, 0.3) is 10.4 Å². The number of aliphatic carboxylic acids is 1. The molecule has 0 heterocycles. The zero-order chi connectivity index (χ0) is 7.98. The Morgan fingerprint density at radius 2 is 2.30 bits per heavy atom. The van der Waals surface area contributed by atoms with E-state index >= 15 is 0 Å². The molecule has 0 aromatic heterocycles. The first-order valence-corrected chi connectivity index (χ1v) is 2.70. The summed E-state index contributed by atoms with van der Waals surface area (Å²) in [6.45, 7) is 0.0167. The van der Waals surface area contributed by atoms with Gasteiger partial charge in [0.15, 0.2) is 0 Å². The lowest BCUT2D eigenvalue weighted by molar-refractivity contribution is -0.793. The fourth-order valence-electron chi connectivity index (χ4n) is 0.416. The maximum absolute atomic E-state index is 9.88. The maximum Gasteiger partial charge on any atom is 0.356 e. The van der Waals surface area contributed by atoms with Gasteiger partial charge in [0.05, 0.1) is 0 Å². The molecule has 6 nitrogen and oxygen atoms in total. The molecule has 0 rings (SSSR count). The first kappa shape index (κ1) is 8.58. The van der Waals surface area contributed by atoms with Crippen molar-refractivity contribution in [3.8, 4) is 0 Å². The van der Waals surface area contributed by atoms with Gasteiger partial charge in [-0.1, -0.05) is 0 Å². The van der Waals surface area contributed by atoms with Gasteiger partial charge in [-0.3, -0.25) is 4.79 Å². The third-order valence-corrected chi connectivity index (χ3v) is 0.852. The molecule has 2 N–H and O–H groups in total. The molecule has 0 aliphatic rings. The molecule has 0 radical (unpaired) electrons. The van der Waals surface area contributed by atoms with Crippen molar-refractivity contribution >= 4 is 5.97 Å². The normalized spacial score (nSPS) is 8.40. The standard InChI is InChI=1S/C4H7N3O3/c5-6-7(10)3-1-2-4(8)9/h1-3H2,(H-,8,9,10)/p+1. The van der Waals surface area contributed by atoms with Gasteiger partial charge in [0, 0.05) is 6.42 Å². The van der Waals surface area contributed by atoms with Gasteiger partial charge < -0.3 is 10.3 Å². The monoisotopic (exact) mass is 146 g/mol. The van der Waals surface area contributed by atoms with Gasteiger partial charge in [-0.15, -0.1) is 0 Å². The van der Waals surface area contributed by atoms with E-state index in [4.69, 9.17) is 15.8 Å². The lowest BCUT2D eigenvalue weighted by Gasteiger charge is -1.88. The minimum atomic E-state index is -0.939. The number of carbonyl (C=O) groups is 1. The van der Waals surface area contributed by atoms with E-state index in [2.05, 4.69) is 4.91 Å². The summed E-state index contributed by atoms with van der Waals surface area (Å²) in [4.78, 5) is 12.5. The lowest BCUT2D eigenvalue weighted by Crippen LogP contribution is -2.05. The van der Waals surface area contributed by atoms with Crippen molar-refractivity contribution in [2.45, 2.75) is 12.8 Å². The van der Waals surface area contributed by atoms with Crippen molar-refractivity contribution < 1.29 is 20.0 Å². The largest absolute Gasteiger partial charge is 0.481 e. The molecular formula is C4H8N3O3+. The highest BCUT2D eigenvalue weighted by molar-refractivity contribution is 5.66. The van der Waals surface area contributed by atoms with Crippen molar-refractivity contribution in [1.29, 1.82) is 0 Å². The van der Waals surface area contributed by atoms with Crippen LogP contribution >= 0.6 is 0 Å². The Morgan fingerprint density at radius 3 is 2.70 bits per heavy atom. The predicted octanol–water partition coefficient (Wildman–Crippen LogP) is 0.563. The van der Waals surface area contributed by atoms with E-state index in [9.17, 15) is 4.79 Å². The quantitative estimate of drug-likeness (QED) is 0.199. The second-order valence-corrected chi connectivity index (χ2v) is 1.68. The Hall–Kier alpha value is -1.42. The van der Waals surface area contributed by atoms with E-state index in [0.29, 0.717) is 0 Å². The summed E-state index contributed by atoms with van der Waals surface area (Å²) in [5.74, 6) is -0.939. The average molecular weight is 146 g/mol. The van der Waals surface area contributed by atoms with E-state index in [1.54, 1.807) is 0 Å². The van der Waals surface area contributed by atoms with Crippen molar-refractivity contribution in [1.82, 2.24) is 0 Å². The average Bonchev–Trinajstić information content (AvgIpc) is 1.87. The highest BCUT2D eigenvalue weighted by Gasteiger charge is 2.01. The van der Waals surface area contributed by atoms with Crippen molar-refractivity contribution in [2.75, 3.05) is 6.54 Å². The minimum absolute atomic E-state index is 0.0167. The smallest absolute Gasteiger partial charge is 0.356 e. The molecule has 56 valence electrons. The fourth-order valence-corrected chi connectivity index (χ4v) is 0.416. The Labute approximate surface area is 56.9 Å². The predicted molar refractivity (Wildman–Crippen MR) is 30.5 cm³/mol. The van der Waals surface area contributed by atoms with Crippen LogP contribution in [0.3, 0.4) is 0 Å². The number of carboxylic acids is 1. The Morgan fingerprint density at radius 1 is 1.70 bits per heavy atom. The molecule has 0 aromatic carbocycles. The highest BCUT2D eigenvalue weighted by atomic mass is 16.5. The molecule has 0 bridgehead atoms. The summed E-state index contributed by atoms with van der Waals surface area (Å²) < 4.78 is 0. The Bertz CT molecular complexity index is 173. The summed E-state index contributed by atoms with van der Waals surface area (Å²) in [5, 5.41) is 16.5. The van der Waals surface area contributed by atoms with Crippen LogP contribution in [0.2, 0.25) is 0 Å². The SMILES string of the molecule is [N-]=[N+]=[N+](O)CCCC(=O)O. The maximum atomic E-state index is 9.88. The van der Waals surface area contributed by atoms with E-state index in [1.165, 1.54) is 0 Å². The van der Waals surface area contributed by atoms with Gasteiger partial charge in [-0.05, 0) is 6.42 Å². The number of hydroxylamine groups is 1. The van der Waals surface area contributed by atoms with E-state index in [-0.39, 0.29) is 24.2 Å². The summed E-state index contributed by atoms with van der Waals surface area (Å²) in [7, 11) is 0. The summed E-state index contributed by atoms with van der Waals surface area (Å²) in [6, 6.07) is 0. The van der Waals surface area contributed by atoms with Crippen LogP contribution in [-0.4, -0.2) is 27.7 Å². The molecule has 0 unspecified atom stereocenters. The topological polar surface area (TPSA) is 96.9 Å². The molecule has 0 aromatic rings.